The maximum absolute atomic E-state index is 10.7. The maximum Gasteiger partial charge on any atom is 0.238 e. The van der Waals surface area contributed by atoms with Gasteiger partial charge in [0.2, 0.25) is 10.0 Å². The van der Waals surface area contributed by atoms with Crippen LogP contribution in [0, 0.1) is 6.92 Å². The third-order valence-electron chi connectivity index (χ3n) is 1.35. The van der Waals surface area contributed by atoms with E-state index in [4.69, 9.17) is 5.14 Å². The molecule has 0 radical (unpaired) electrons. The van der Waals surface area contributed by atoms with E-state index in [0.29, 0.717) is 0 Å². The zero-order chi connectivity index (χ0) is 12.5. The average Bonchev–Trinajstić information content (AvgIpc) is 2.23. The highest BCUT2D eigenvalue weighted by molar-refractivity contribution is 7.89. The van der Waals surface area contributed by atoms with Gasteiger partial charge in [-0.1, -0.05) is 45.4 Å². The highest BCUT2D eigenvalue weighted by atomic mass is 32.2. The van der Waals surface area contributed by atoms with E-state index in [2.05, 4.69) is 0 Å². The molecule has 2 N–H and O–H groups in total. The molecule has 0 aliphatic rings. The second-order valence-corrected chi connectivity index (χ2v) is 3.92. The molecule has 0 saturated carbocycles. The highest BCUT2D eigenvalue weighted by Gasteiger charge is 2.04. The maximum atomic E-state index is 10.7. The van der Waals surface area contributed by atoms with Crippen LogP contribution >= 0.6 is 0 Å². The second-order valence-electron chi connectivity index (χ2n) is 2.36. The third kappa shape index (κ3) is 7.11. The molecule has 0 aliphatic carbocycles. The Morgan fingerprint density at radius 3 is 1.53 bits per heavy atom. The lowest BCUT2D eigenvalue weighted by Gasteiger charge is -1.96. The van der Waals surface area contributed by atoms with Crippen LogP contribution < -0.4 is 5.14 Å². The molecule has 0 spiro atoms. The summed E-state index contributed by atoms with van der Waals surface area (Å²) in [6.45, 7) is 9.88. The van der Waals surface area contributed by atoms with Crippen molar-refractivity contribution in [2.75, 3.05) is 0 Å². The predicted molar refractivity (Wildman–Crippen MR) is 65.2 cm³/mol. The fourth-order valence-corrected chi connectivity index (χ4v) is 1.24. The summed E-state index contributed by atoms with van der Waals surface area (Å²) in [5.74, 6) is 0. The first-order chi connectivity index (χ1) is 7.00. The molecule has 88 valence electrons. The number of rotatable bonds is 1. The lowest BCUT2D eigenvalue weighted by Crippen LogP contribution is -2.11. The van der Waals surface area contributed by atoms with Gasteiger partial charge in [-0.2, -0.15) is 0 Å². The van der Waals surface area contributed by atoms with Crippen LogP contribution in [0.3, 0.4) is 0 Å². The van der Waals surface area contributed by atoms with E-state index in [1.54, 1.807) is 12.1 Å². The normalized spacial score (nSPS) is 9.20. The van der Waals surface area contributed by atoms with Gasteiger partial charge < -0.3 is 0 Å². The van der Waals surface area contributed by atoms with Crippen molar-refractivity contribution in [3.8, 4) is 0 Å². The third-order valence-corrected chi connectivity index (χ3v) is 2.28. The fraction of sp³-hybridized carbons (Fsp3) is 0.455. The molecule has 3 nitrogen and oxygen atoms in total. The Labute approximate surface area is 93.4 Å². The minimum Gasteiger partial charge on any atom is -0.225 e. The van der Waals surface area contributed by atoms with Crippen molar-refractivity contribution in [2.45, 2.75) is 39.5 Å². The first kappa shape index (κ1) is 16.6. The van der Waals surface area contributed by atoms with E-state index < -0.39 is 10.0 Å². The van der Waals surface area contributed by atoms with Crippen LogP contribution in [-0.2, 0) is 10.0 Å². The summed E-state index contributed by atoms with van der Waals surface area (Å²) in [5, 5.41) is 4.88. The van der Waals surface area contributed by atoms with Crippen molar-refractivity contribution in [1.29, 1.82) is 0 Å². The number of primary sulfonamides is 1. The number of benzene rings is 1. The summed E-state index contributed by atoms with van der Waals surface area (Å²) in [4.78, 5) is 0.156. The van der Waals surface area contributed by atoms with E-state index in [0.717, 1.165) is 5.56 Å². The summed E-state index contributed by atoms with van der Waals surface area (Å²) in [6, 6.07) is 6.40. The van der Waals surface area contributed by atoms with E-state index >= 15 is 0 Å². The molecule has 0 bridgehead atoms. The van der Waals surface area contributed by atoms with Gasteiger partial charge in [0.15, 0.2) is 0 Å². The predicted octanol–water partition coefficient (Wildman–Crippen LogP) is 2.69. The van der Waals surface area contributed by atoms with Gasteiger partial charge in [-0.25, -0.2) is 13.6 Å². The molecule has 1 aromatic carbocycles. The van der Waals surface area contributed by atoms with Crippen molar-refractivity contribution < 1.29 is 8.42 Å². The molecule has 4 heteroatoms. The number of aryl methyl sites for hydroxylation is 1. The van der Waals surface area contributed by atoms with Crippen molar-refractivity contribution in [2.24, 2.45) is 5.14 Å². The first-order valence-corrected chi connectivity index (χ1v) is 6.64. The lowest BCUT2D eigenvalue weighted by molar-refractivity contribution is 0.598. The Hall–Kier alpha value is -0.870. The fourth-order valence-electron chi connectivity index (χ4n) is 0.728. The van der Waals surface area contributed by atoms with Crippen molar-refractivity contribution >= 4 is 10.0 Å². The summed E-state index contributed by atoms with van der Waals surface area (Å²) >= 11 is 0. The smallest absolute Gasteiger partial charge is 0.225 e. The summed E-state index contributed by atoms with van der Waals surface area (Å²) in [5.41, 5.74) is 1.01. The van der Waals surface area contributed by atoms with Crippen LogP contribution in [0.25, 0.3) is 0 Å². The van der Waals surface area contributed by atoms with Gasteiger partial charge >= 0.3 is 0 Å². The molecular formula is C11H21NO2S. The molecule has 0 fully saturated rings. The molecular weight excluding hydrogens is 210 g/mol. The van der Waals surface area contributed by atoms with Gasteiger partial charge in [-0.3, -0.25) is 0 Å². The topological polar surface area (TPSA) is 60.2 Å². The number of hydrogen-bond donors (Lipinski definition) is 1. The van der Waals surface area contributed by atoms with Crippen LogP contribution in [-0.4, -0.2) is 8.42 Å². The second kappa shape index (κ2) is 8.44. The van der Waals surface area contributed by atoms with Gasteiger partial charge in [0.05, 0.1) is 4.90 Å². The van der Waals surface area contributed by atoms with Crippen LogP contribution in [0.1, 0.15) is 33.3 Å². The zero-order valence-corrected chi connectivity index (χ0v) is 10.9. The minimum absolute atomic E-state index is 0.156. The number of nitrogens with two attached hydrogens (primary N) is 1. The van der Waals surface area contributed by atoms with Gasteiger partial charge in [-0.15, -0.1) is 0 Å². The molecule has 0 heterocycles. The quantitative estimate of drug-likeness (QED) is 0.807. The number of hydrogen-bond acceptors (Lipinski definition) is 2. The monoisotopic (exact) mass is 231 g/mol. The van der Waals surface area contributed by atoms with Crippen LogP contribution in [0.4, 0.5) is 0 Å². The molecule has 0 aliphatic heterocycles. The van der Waals surface area contributed by atoms with Crippen LogP contribution in [0.2, 0.25) is 0 Å². The van der Waals surface area contributed by atoms with E-state index in [1.807, 2.05) is 34.6 Å². The highest BCUT2D eigenvalue weighted by Crippen LogP contribution is 2.06. The minimum atomic E-state index is -3.52. The first-order valence-electron chi connectivity index (χ1n) is 5.09. The SMILES string of the molecule is CC.CC.Cc1ccc(S(N)(=O)=O)cc1. The van der Waals surface area contributed by atoms with Gasteiger partial charge in [-0.05, 0) is 19.1 Å². The average molecular weight is 231 g/mol. The Bertz CT molecular complexity index is 341. The Morgan fingerprint density at radius 2 is 1.27 bits per heavy atom. The van der Waals surface area contributed by atoms with E-state index in [9.17, 15) is 8.42 Å². The molecule has 0 amide bonds. The summed E-state index contributed by atoms with van der Waals surface area (Å²) in [7, 11) is -3.52. The molecule has 0 aromatic heterocycles. The Morgan fingerprint density at radius 1 is 0.933 bits per heavy atom. The van der Waals surface area contributed by atoms with Crippen molar-refractivity contribution in [1.82, 2.24) is 0 Å². The number of sulfonamides is 1. The van der Waals surface area contributed by atoms with Crippen LogP contribution in [0.5, 0.6) is 0 Å². The summed E-state index contributed by atoms with van der Waals surface area (Å²) < 4.78 is 21.4. The largest absolute Gasteiger partial charge is 0.238 e. The van der Waals surface area contributed by atoms with E-state index in [1.165, 1.54) is 12.1 Å². The molecule has 0 unspecified atom stereocenters. The van der Waals surface area contributed by atoms with Gasteiger partial charge in [0.25, 0.3) is 0 Å². The van der Waals surface area contributed by atoms with Gasteiger partial charge in [0, 0.05) is 0 Å². The Kier molecular flexibility index (Phi) is 9.31. The molecule has 1 rings (SSSR count). The molecule has 1 aromatic rings. The zero-order valence-electron chi connectivity index (χ0n) is 10.1. The van der Waals surface area contributed by atoms with Gasteiger partial charge in [0.1, 0.15) is 0 Å². The standard InChI is InChI=1S/C7H9NO2S.2C2H6/c1-6-2-4-7(5-3-6)11(8,9)10;2*1-2/h2-5H,1H3,(H2,8,9,10);2*1-2H3. The van der Waals surface area contributed by atoms with Crippen molar-refractivity contribution in [3.05, 3.63) is 29.8 Å². The molecule has 0 atom stereocenters. The summed E-state index contributed by atoms with van der Waals surface area (Å²) in [6.07, 6.45) is 0. The van der Waals surface area contributed by atoms with Crippen LogP contribution in [0.15, 0.2) is 29.2 Å². The molecule has 0 saturated heterocycles. The van der Waals surface area contributed by atoms with Crippen molar-refractivity contribution in [3.63, 3.8) is 0 Å². The van der Waals surface area contributed by atoms with E-state index in [-0.39, 0.29) is 4.90 Å². The Balaban J connectivity index is 0. The molecule has 15 heavy (non-hydrogen) atoms. The lowest BCUT2D eigenvalue weighted by atomic mass is 10.2.